The molecule has 5 rings (SSSR count). The molecule has 0 aromatic heterocycles. The van der Waals surface area contributed by atoms with Crippen LogP contribution in [0, 0.1) is 5.92 Å². The summed E-state index contributed by atoms with van der Waals surface area (Å²) in [5.41, 5.74) is 1.82. The highest BCUT2D eigenvalue weighted by Crippen LogP contribution is 2.49. The molecule has 3 aromatic carbocycles. The van der Waals surface area contributed by atoms with Crippen molar-refractivity contribution in [2.24, 2.45) is 5.92 Å². The second-order valence-corrected chi connectivity index (χ2v) is 8.43. The van der Waals surface area contributed by atoms with Gasteiger partial charge in [-0.25, -0.2) is 9.96 Å². The van der Waals surface area contributed by atoms with Gasteiger partial charge in [-0.1, -0.05) is 34.1 Å². The number of imide groups is 1. The van der Waals surface area contributed by atoms with Crippen LogP contribution in [-0.4, -0.2) is 30.1 Å². The van der Waals surface area contributed by atoms with Crippen molar-refractivity contribution in [3.63, 3.8) is 0 Å². The van der Waals surface area contributed by atoms with Gasteiger partial charge < -0.3 is 9.84 Å². The predicted molar refractivity (Wildman–Crippen MR) is 121 cm³/mol. The van der Waals surface area contributed by atoms with Gasteiger partial charge in [-0.15, -0.1) is 0 Å². The van der Waals surface area contributed by atoms with Gasteiger partial charge in [0.05, 0.1) is 24.5 Å². The number of ether oxygens (including phenoxy) is 1. The first-order valence-corrected chi connectivity index (χ1v) is 10.8. The number of rotatable bonds is 4. The molecule has 162 valence electrons. The SMILES string of the molecule is COc1ccc(N2C(=O)[C@H]3[C@@H](ON(c4ccccc4)[C@H]3c3cc(O)ccc3Br)C2=O)cc1. The number of hydrogen-bond acceptors (Lipinski definition) is 6. The molecule has 8 heteroatoms. The number of carbonyl (C=O) groups excluding carboxylic acids is 2. The summed E-state index contributed by atoms with van der Waals surface area (Å²) in [4.78, 5) is 34.2. The van der Waals surface area contributed by atoms with E-state index in [2.05, 4.69) is 15.9 Å². The van der Waals surface area contributed by atoms with Crippen molar-refractivity contribution in [3.05, 3.63) is 82.8 Å². The number of amides is 2. The van der Waals surface area contributed by atoms with Gasteiger partial charge in [0.1, 0.15) is 17.4 Å². The Balaban J connectivity index is 1.59. The Labute approximate surface area is 192 Å². The van der Waals surface area contributed by atoms with E-state index in [1.165, 1.54) is 4.90 Å². The number of para-hydroxylation sites is 1. The second kappa shape index (κ2) is 7.96. The van der Waals surface area contributed by atoms with Crippen LogP contribution in [0.25, 0.3) is 0 Å². The van der Waals surface area contributed by atoms with E-state index in [0.717, 1.165) is 0 Å². The topological polar surface area (TPSA) is 79.3 Å². The van der Waals surface area contributed by atoms with Crippen LogP contribution in [0.4, 0.5) is 11.4 Å². The molecule has 32 heavy (non-hydrogen) atoms. The summed E-state index contributed by atoms with van der Waals surface area (Å²) in [5.74, 6) is -0.888. The summed E-state index contributed by atoms with van der Waals surface area (Å²) in [6.45, 7) is 0. The van der Waals surface area contributed by atoms with E-state index >= 15 is 0 Å². The van der Waals surface area contributed by atoms with Gasteiger partial charge in [-0.2, -0.15) is 0 Å². The second-order valence-electron chi connectivity index (χ2n) is 7.57. The quantitative estimate of drug-likeness (QED) is 0.547. The first kappa shape index (κ1) is 20.5. The van der Waals surface area contributed by atoms with Gasteiger partial charge >= 0.3 is 0 Å². The monoisotopic (exact) mass is 494 g/mol. The van der Waals surface area contributed by atoms with Gasteiger partial charge in [0.2, 0.25) is 5.91 Å². The van der Waals surface area contributed by atoms with Gasteiger partial charge in [-0.3, -0.25) is 14.4 Å². The Bertz CT molecular complexity index is 1180. The molecule has 2 heterocycles. The number of hydroxylamine groups is 1. The molecule has 3 aromatic rings. The minimum absolute atomic E-state index is 0.0587. The number of anilines is 2. The summed E-state index contributed by atoms with van der Waals surface area (Å²) in [7, 11) is 1.55. The smallest absolute Gasteiger partial charge is 0.266 e. The molecule has 7 nitrogen and oxygen atoms in total. The van der Waals surface area contributed by atoms with Crippen LogP contribution in [0.5, 0.6) is 11.5 Å². The van der Waals surface area contributed by atoms with Crippen molar-refractivity contribution in [3.8, 4) is 11.5 Å². The molecule has 0 unspecified atom stereocenters. The van der Waals surface area contributed by atoms with Crippen LogP contribution in [0.2, 0.25) is 0 Å². The van der Waals surface area contributed by atoms with Crippen molar-refractivity contribution in [1.29, 1.82) is 0 Å². The third kappa shape index (κ3) is 3.23. The number of fused-ring (bicyclic) bond motifs is 1. The van der Waals surface area contributed by atoms with E-state index < -0.39 is 24.0 Å². The summed E-state index contributed by atoms with van der Waals surface area (Å²) < 4.78 is 5.88. The van der Waals surface area contributed by atoms with E-state index in [4.69, 9.17) is 9.57 Å². The lowest BCUT2D eigenvalue weighted by atomic mass is 9.90. The number of halogens is 1. The van der Waals surface area contributed by atoms with E-state index in [1.807, 2.05) is 30.3 Å². The number of carbonyl (C=O) groups is 2. The number of phenols is 1. The molecule has 0 aliphatic carbocycles. The summed E-state index contributed by atoms with van der Waals surface area (Å²) in [6, 6.07) is 20.3. The van der Waals surface area contributed by atoms with Crippen LogP contribution in [0.1, 0.15) is 11.6 Å². The highest BCUT2D eigenvalue weighted by molar-refractivity contribution is 9.10. The Morgan fingerprint density at radius 2 is 1.66 bits per heavy atom. The lowest BCUT2D eigenvalue weighted by Crippen LogP contribution is -2.37. The van der Waals surface area contributed by atoms with Crippen LogP contribution in [-0.2, 0) is 14.4 Å². The fourth-order valence-electron chi connectivity index (χ4n) is 4.27. The minimum Gasteiger partial charge on any atom is -0.508 e. The molecule has 3 atom stereocenters. The number of aromatic hydroxyl groups is 1. The molecule has 2 saturated heterocycles. The third-order valence-electron chi connectivity index (χ3n) is 5.75. The Kier molecular flexibility index (Phi) is 5.11. The standard InChI is InChI=1S/C24H19BrN2O5/c1-31-17-10-7-14(8-11-17)26-23(29)20-21(18-13-16(28)9-12-19(18)25)27(32-22(20)24(26)30)15-5-3-2-4-6-15/h2-13,20-22,28H,1H3/t20-,21+,22-/m1/s1. The minimum atomic E-state index is -0.982. The maximum Gasteiger partial charge on any atom is 0.266 e. The van der Waals surface area contributed by atoms with E-state index in [1.54, 1.807) is 54.6 Å². The highest BCUT2D eigenvalue weighted by Gasteiger charge is 2.60. The molecule has 2 amide bonds. The maximum absolute atomic E-state index is 13.6. The number of nitrogens with zero attached hydrogens (tertiary/aromatic N) is 2. The van der Waals surface area contributed by atoms with Crippen molar-refractivity contribution in [2.75, 3.05) is 17.1 Å². The lowest BCUT2D eigenvalue weighted by Gasteiger charge is -2.29. The molecule has 2 aliphatic rings. The maximum atomic E-state index is 13.6. The highest BCUT2D eigenvalue weighted by atomic mass is 79.9. The number of methoxy groups -OCH3 is 1. The van der Waals surface area contributed by atoms with Crippen LogP contribution in [0.15, 0.2) is 77.3 Å². The Morgan fingerprint density at radius 3 is 2.34 bits per heavy atom. The Hall–Kier alpha value is -3.36. The zero-order chi connectivity index (χ0) is 22.4. The van der Waals surface area contributed by atoms with Crippen LogP contribution >= 0.6 is 15.9 Å². The normalized spacial score (nSPS) is 22.4. The molecule has 2 fully saturated rings. The average Bonchev–Trinajstić information content (AvgIpc) is 3.32. The van der Waals surface area contributed by atoms with E-state index in [9.17, 15) is 14.7 Å². The number of phenolic OH excluding ortho intramolecular Hbond substituents is 1. The first-order chi connectivity index (χ1) is 15.5. The molecule has 1 N–H and O–H groups in total. The largest absolute Gasteiger partial charge is 0.508 e. The fourth-order valence-corrected chi connectivity index (χ4v) is 4.75. The van der Waals surface area contributed by atoms with Gasteiger partial charge in [-0.05, 0) is 60.2 Å². The zero-order valence-corrected chi connectivity index (χ0v) is 18.6. The lowest BCUT2D eigenvalue weighted by molar-refractivity contribution is -0.126. The van der Waals surface area contributed by atoms with E-state index in [0.29, 0.717) is 27.2 Å². The van der Waals surface area contributed by atoms with Crippen LogP contribution < -0.4 is 14.7 Å². The summed E-state index contributed by atoms with van der Waals surface area (Å²) in [5, 5.41) is 11.7. The molecule has 0 bridgehead atoms. The molecule has 0 spiro atoms. The zero-order valence-electron chi connectivity index (χ0n) is 17.0. The summed E-state index contributed by atoms with van der Waals surface area (Å²) in [6.07, 6.45) is -0.982. The predicted octanol–water partition coefficient (Wildman–Crippen LogP) is 4.21. The van der Waals surface area contributed by atoms with Gasteiger partial charge in [0.25, 0.3) is 5.91 Å². The van der Waals surface area contributed by atoms with E-state index in [-0.39, 0.29) is 11.7 Å². The van der Waals surface area contributed by atoms with Crippen molar-refractivity contribution < 1.29 is 24.3 Å². The molecule has 0 saturated carbocycles. The van der Waals surface area contributed by atoms with Crippen molar-refractivity contribution in [1.82, 2.24) is 0 Å². The van der Waals surface area contributed by atoms with Crippen molar-refractivity contribution in [2.45, 2.75) is 12.1 Å². The van der Waals surface area contributed by atoms with Gasteiger partial charge in [0, 0.05) is 4.47 Å². The Morgan fingerprint density at radius 1 is 0.938 bits per heavy atom. The first-order valence-electron chi connectivity index (χ1n) is 10.0. The summed E-state index contributed by atoms with van der Waals surface area (Å²) >= 11 is 3.53. The molecule has 0 radical (unpaired) electrons. The number of hydrogen-bond donors (Lipinski definition) is 1. The molecular formula is C24H19BrN2O5. The molecule has 2 aliphatic heterocycles. The molecular weight excluding hydrogens is 476 g/mol. The van der Waals surface area contributed by atoms with Crippen LogP contribution in [0.3, 0.4) is 0 Å². The third-order valence-corrected chi connectivity index (χ3v) is 6.48. The van der Waals surface area contributed by atoms with Crippen molar-refractivity contribution >= 4 is 39.1 Å². The number of benzene rings is 3. The fraction of sp³-hybridized carbons (Fsp3) is 0.167. The van der Waals surface area contributed by atoms with Gasteiger partial charge in [0.15, 0.2) is 6.10 Å². The average molecular weight is 495 g/mol.